The molecular weight excluding hydrogens is 508 g/mol. The molecule has 0 spiro atoms. The maximum absolute atomic E-state index is 12.4. The first-order valence-electron chi connectivity index (χ1n) is 15.9. The van der Waals surface area contributed by atoms with Crippen LogP contribution in [0.5, 0.6) is 5.75 Å². The Morgan fingerprint density at radius 2 is 1.29 bits per heavy atom. The number of carbonyl (C=O) groups excluding carboxylic acids is 1. The highest BCUT2D eigenvalue weighted by molar-refractivity contribution is 5.89. The summed E-state index contributed by atoms with van der Waals surface area (Å²) in [5.74, 6) is 1.24. The summed E-state index contributed by atoms with van der Waals surface area (Å²) in [6, 6.07) is 15.3. The zero-order valence-electron chi connectivity index (χ0n) is 25.6. The number of carbonyl (C=O) groups is 1. The van der Waals surface area contributed by atoms with Gasteiger partial charge in [-0.1, -0.05) is 90.2 Å². The zero-order valence-corrected chi connectivity index (χ0v) is 25.6. The van der Waals surface area contributed by atoms with Crippen LogP contribution in [0.15, 0.2) is 60.9 Å². The fourth-order valence-electron chi connectivity index (χ4n) is 4.87. The van der Waals surface area contributed by atoms with Crippen LogP contribution in [-0.2, 0) is 17.8 Å². The van der Waals surface area contributed by atoms with E-state index in [1.165, 1.54) is 76.2 Å². The summed E-state index contributed by atoms with van der Waals surface area (Å²) in [5.41, 5.74) is 3.74. The number of aryl methyl sites for hydroxylation is 1. The first kappa shape index (κ1) is 32.3. The molecule has 1 aromatic heterocycles. The lowest BCUT2D eigenvalue weighted by Gasteiger charge is -2.13. The number of hydrogen-bond donors (Lipinski definition) is 0. The van der Waals surface area contributed by atoms with Crippen LogP contribution in [0.1, 0.15) is 126 Å². The maximum Gasteiger partial charge on any atom is 0.338 e. The number of ether oxygens (including phenoxy) is 2. The summed E-state index contributed by atoms with van der Waals surface area (Å²) >= 11 is 0. The Bertz CT molecular complexity index is 1110. The van der Waals surface area contributed by atoms with Crippen molar-refractivity contribution in [1.29, 1.82) is 0 Å². The van der Waals surface area contributed by atoms with Gasteiger partial charge in [0.2, 0.25) is 0 Å². The minimum atomic E-state index is -0.264. The molecule has 0 fully saturated rings. The molecule has 0 aliphatic carbocycles. The molecule has 0 aliphatic rings. The van der Waals surface area contributed by atoms with Crippen molar-refractivity contribution in [3.8, 4) is 17.1 Å². The van der Waals surface area contributed by atoms with Gasteiger partial charge in [0.25, 0.3) is 0 Å². The van der Waals surface area contributed by atoms with Gasteiger partial charge >= 0.3 is 5.97 Å². The van der Waals surface area contributed by atoms with Gasteiger partial charge in [0.15, 0.2) is 5.82 Å². The Morgan fingerprint density at radius 3 is 1.93 bits per heavy atom. The first-order chi connectivity index (χ1) is 20.1. The number of hydrogen-bond acceptors (Lipinski definition) is 5. The van der Waals surface area contributed by atoms with Crippen LogP contribution in [0.3, 0.4) is 0 Å². The van der Waals surface area contributed by atoms with E-state index in [1.54, 1.807) is 0 Å². The molecular formula is C36H50N2O3. The molecule has 0 saturated carbocycles. The van der Waals surface area contributed by atoms with Crippen molar-refractivity contribution in [2.45, 2.75) is 123 Å². The summed E-state index contributed by atoms with van der Waals surface area (Å²) in [5, 5.41) is 0. The summed E-state index contributed by atoms with van der Waals surface area (Å²) < 4.78 is 11.6. The minimum absolute atomic E-state index is 0.0617. The lowest BCUT2D eigenvalue weighted by atomic mass is 10.1. The molecule has 3 aromatic rings. The number of unbranched alkanes of at least 4 members (excludes halogenated alkanes) is 10. The fraction of sp³-hybridized carbons (Fsp3) is 0.528. The highest BCUT2D eigenvalue weighted by Gasteiger charge is 2.12. The second kappa shape index (κ2) is 19.0. The first-order valence-corrected chi connectivity index (χ1v) is 15.9. The molecule has 0 saturated heterocycles. The van der Waals surface area contributed by atoms with Crippen LogP contribution in [-0.4, -0.2) is 22.0 Å². The van der Waals surface area contributed by atoms with Crippen LogP contribution < -0.4 is 4.74 Å². The molecule has 1 heterocycles. The average molecular weight is 559 g/mol. The van der Waals surface area contributed by atoms with Gasteiger partial charge in [-0.05, 0) is 80.1 Å². The molecule has 0 amide bonds. The van der Waals surface area contributed by atoms with E-state index in [2.05, 4.69) is 23.8 Å². The lowest BCUT2D eigenvalue weighted by molar-refractivity contribution is 0.0319. The van der Waals surface area contributed by atoms with Crippen molar-refractivity contribution in [3.05, 3.63) is 77.6 Å². The number of benzene rings is 2. The molecule has 3 rings (SSSR count). The van der Waals surface area contributed by atoms with E-state index >= 15 is 0 Å². The van der Waals surface area contributed by atoms with E-state index in [4.69, 9.17) is 9.47 Å². The standard InChI is InChI=1S/C36H50N2O3/c1-4-6-8-10-11-12-13-15-17-31-26-37-35(38-27-31)32-22-24-34(25-23-32)40-28-30-18-20-33(21-19-30)36(39)41-29(3)16-14-9-7-5-2/h18-27,29H,4-17,28H2,1-3H3. The lowest BCUT2D eigenvalue weighted by Crippen LogP contribution is -2.15. The molecule has 5 nitrogen and oxygen atoms in total. The van der Waals surface area contributed by atoms with E-state index in [0.29, 0.717) is 12.2 Å². The highest BCUT2D eigenvalue weighted by Crippen LogP contribution is 2.21. The predicted molar refractivity (Wildman–Crippen MR) is 168 cm³/mol. The van der Waals surface area contributed by atoms with Gasteiger partial charge in [0.1, 0.15) is 12.4 Å². The number of rotatable bonds is 20. The molecule has 0 aliphatic heterocycles. The van der Waals surface area contributed by atoms with Gasteiger partial charge in [-0.15, -0.1) is 0 Å². The Hall–Kier alpha value is -3.21. The summed E-state index contributed by atoms with van der Waals surface area (Å²) in [4.78, 5) is 21.6. The SMILES string of the molecule is CCCCCCCCCCc1cnc(-c2ccc(OCc3ccc(C(=O)OC(C)CCCCCC)cc3)cc2)nc1. The fourth-order valence-corrected chi connectivity index (χ4v) is 4.87. The average Bonchev–Trinajstić information content (AvgIpc) is 3.00. The Labute approximate surface area is 248 Å². The van der Waals surface area contributed by atoms with E-state index < -0.39 is 0 Å². The van der Waals surface area contributed by atoms with Gasteiger partial charge in [-0.3, -0.25) is 0 Å². The van der Waals surface area contributed by atoms with Crippen molar-refractivity contribution in [1.82, 2.24) is 9.97 Å². The largest absolute Gasteiger partial charge is 0.489 e. The van der Waals surface area contributed by atoms with Gasteiger partial charge in [0.05, 0.1) is 11.7 Å². The van der Waals surface area contributed by atoms with Crippen molar-refractivity contribution >= 4 is 5.97 Å². The third-order valence-electron chi connectivity index (χ3n) is 7.50. The smallest absolute Gasteiger partial charge is 0.338 e. The molecule has 41 heavy (non-hydrogen) atoms. The Morgan fingerprint density at radius 1 is 0.707 bits per heavy atom. The summed E-state index contributed by atoms with van der Waals surface area (Å²) in [6.45, 7) is 6.85. The van der Waals surface area contributed by atoms with E-state index in [1.807, 2.05) is 67.8 Å². The van der Waals surface area contributed by atoms with Gasteiger partial charge in [-0.25, -0.2) is 14.8 Å². The van der Waals surface area contributed by atoms with Crippen LogP contribution in [0.2, 0.25) is 0 Å². The molecule has 0 bridgehead atoms. The quantitative estimate of drug-likeness (QED) is 0.102. The third kappa shape index (κ3) is 12.5. The number of aromatic nitrogens is 2. The van der Waals surface area contributed by atoms with E-state index in [9.17, 15) is 4.79 Å². The van der Waals surface area contributed by atoms with E-state index in [-0.39, 0.29) is 12.1 Å². The molecule has 1 atom stereocenters. The van der Waals surface area contributed by atoms with E-state index in [0.717, 1.165) is 42.0 Å². The Balaban J connectivity index is 1.37. The van der Waals surface area contributed by atoms with Crippen molar-refractivity contribution in [3.63, 3.8) is 0 Å². The summed E-state index contributed by atoms with van der Waals surface area (Å²) in [7, 11) is 0. The van der Waals surface area contributed by atoms with Gasteiger partial charge in [0, 0.05) is 18.0 Å². The molecule has 1 unspecified atom stereocenters. The molecule has 2 aromatic carbocycles. The number of esters is 1. The summed E-state index contributed by atoms with van der Waals surface area (Å²) in [6.07, 6.45) is 21.1. The molecule has 5 heteroatoms. The maximum atomic E-state index is 12.4. The topological polar surface area (TPSA) is 61.3 Å². The zero-order chi connectivity index (χ0) is 29.1. The number of nitrogens with zero attached hydrogens (tertiary/aromatic N) is 2. The van der Waals surface area contributed by atoms with Crippen LogP contribution in [0.4, 0.5) is 0 Å². The van der Waals surface area contributed by atoms with Crippen molar-refractivity contribution in [2.75, 3.05) is 0 Å². The molecule has 222 valence electrons. The van der Waals surface area contributed by atoms with Gasteiger partial charge in [-0.2, -0.15) is 0 Å². The normalized spacial score (nSPS) is 11.8. The van der Waals surface area contributed by atoms with Crippen LogP contribution in [0, 0.1) is 0 Å². The highest BCUT2D eigenvalue weighted by atomic mass is 16.5. The molecule has 0 N–H and O–H groups in total. The molecule has 0 radical (unpaired) electrons. The predicted octanol–water partition coefficient (Wildman–Crippen LogP) is 9.92. The monoisotopic (exact) mass is 558 g/mol. The second-order valence-corrected chi connectivity index (χ2v) is 11.2. The van der Waals surface area contributed by atoms with Crippen molar-refractivity contribution < 1.29 is 14.3 Å². The second-order valence-electron chi connectivity index (χ2n) is 11.2. The van der Waals surface area contributed by atoms with Crippen LogP contribution in [0.25, 0.3) is 11.4 Å². The minimum Gasteiger partial charge on any atom is -0.489 e. The van der Waals surface area contributed by atoms with Crippen molar-refractivity contribution in [2.24, 2.45) is 0 Å². The third-order valence-corrected chi connectivity index (χ3v) is 7.50. The van der Waals surface area contributed by atoms with Gasteiger partial charge < -0.3 is 9.47 Å². The van der Waals surface area contributed by atoms with Crippen LogP contribution >= 0.6 is 0 Å². The Kier molecular flexibility index (Phi) is 15.0.